The van der Waals surface area contributed by atoms with Gasteiger partial charge in [-0.1, -0.05) is 0 Å². The molecule has 2 aliphatic carbocycles. The monoisotopic (exact) mass is 300 g/mol. The van der Waals surface area contributed by atoms with Crippen LogP contribution in [-0.2, 0) is 0 Å². The Labute approximate surface area is 127 Å². The van der Waals surface area contributed by atoms with Crippen LogP contribution < -0.4 is 45.9 Å². The van der Waals surface area contributed by atoms with Crippen LogP contribution in [0.25, 0.3) is 11.1 Å². The highest BCUT2D eigenvalue weighted by Crippen LogP contribution is 2.54. The zero-order valence-electron chi connectivity index (χ0n) is 12.2. The average molecular weight is 300 g/mol. The maximum atomic E-state index is 6.21. The molecule has 116 valence electrons. The second kappa shape index (κ2) is 4.01. The van der Waals surface area contributed by atoms with Gasteiger partial charge in [0.1, 0.15) is 0 Å². The van der Waals surface area contributed by atoms with Crippen molar-refractivity contribution in [3.8, 4) is 0 Å². The van der Waals surface area contributed by atoms with Gasteiger partial charge in [-0.25, -0.2) is 0 Å². The largest absolute Gasteiger partial charge is 0.399 e. The van der Waals surface area contributed by atoms with Crippen LogP contribution in [-0.4, -0.2) is 6.04 Å². The summed E-state index contributed by atoms with van der Waals surface area (Å²) in [4.78, 5) is 0. The van der Waals surface area contributed by atoms with E-state index in [-0.39, 0.29) is 17.1 Å². The molecule has 0 saturated carbocycles. The molecule has 3 rings (SSSR count). The van der Waals surface area contributed by atoms with E-state index in [1.54, 1.807) is 0 Å². The molecule has 0 bridgehead atoms. The molecule has 0 aromatic heterocycles. The molecular formula is C14H20N8. The van der Waals surface area contributed by atoms with Crippen LogP contribution in [0.15, 0.2) is 22.7 Å². The first kappa shape index (κ1) is 14.0. The summed E-state index contributed by atoms with van der Waals surface area (Å²) >= 11 is 0. The van der Waals surface area contributed by atoms with E-state index in [1.165, 1.54) is 0 Å². The molecule has 0 spiro atoms. The maximum absolute atomic E-state index is 6.21. The fraction of sp³-hybridized carbons (Fsp3) is 0.143. The second-order valence-corrected chi connectivity index (χ2v) is 5.58. The topological polar surface area (TPSA) is 208 Å². The molecule has 0 saturated heterocycles. The van der Waals surface area contributed by atoms with Crippen LogP contribution in [0, 0.1) is 0 Å². The molecule has 0 aliphatic heterocycles. The Bertz CT molecular complexity index is 828. The Hall–Kier alpha value is -3.00. The molecule has 1 atom stereocenters. The van der Waals surface area contributed by atoms with Crippen LogP contribution in [0.4, 0.5) is 22.7 Å². The first-order valence-corrected chi connectivity index (χ1v) is 6.68. The fourth-order valence-electron chi connectivity index (χ4n) is 3.22. The predicted molar refractivity (Wildman–Crippen MR) is 91.2 cm³/mol. The summed E-state index contributed by atoms with van der Waals surface area (Å²) in [5.41, 5.74) is 54.1. The van der Waals surface area contributed by atoms with Crippen molar-refractivity contribution >= 4 is 33.9 Å². The summed E-state index contributed by atoms with van der Waals surface area (Å²) in [6, 6.07) is -0.587. The van der Waals surface area contributed by atoms with E-state index in [2.05, 4.69) is 0 Å². The number of nitrogens with two attached hydrogens (primary N) is 8. The van der Waals surface area contributed by atoms with E-state index < -0.39 is 6.04 Å². The number of rotatable bonds is 0. The number of allylic oxidation sites excluding steroid dienone is 1. The molecule has 1 unspecified atom stereocenters. The first-order chi connectivity index (χ1) is 10.2. The van der Waals surface area contributed by atoms with Crippen LogP contribution in [0.5, 0.6) is 0 Å². The minimum atomic E-state index is -0.587. The number of fused-ring (bicyclic) bond motifs is 3. The second-order valence-electron chi connectivity index (χ2n) is 5.58. The van der Waals surface area contributed by atoms with Gasteiger partial charge in [0.15, 0.2) is 0 Å². The molecular weight excluding hydrogens is 280 g/mol. The third-order valence-electron chi connectivity index (χ3n) is 4.47. The lowest BCUT2D eigenvalue weighted by Gasteiger charge is -2.26. The maximum Gasteiger partial charge on any atom is 0.0809 e. The first-order valence-electron chi connectivity index (χ1n) is 6.68. The van der Waals surface area contributed by atoms with Crippen molar-refractivity contribution in [2.75, 3.05) is 22.9 Å². The van der Waals surface area contributed by atoms with Gasteiger partial charge in [-0.15, -0.1) is 0 Å². The highest BCUT2D eigenvalue weighted by atomic mass is 14.9. The van der Waals surface area contributed by atoms with Gasteiger partial charge in [0.05, 0.1) is 45.9 Å². The Morgan fingerprint density at radius 1 is 0.682 bits per heavy atom. The minimum absolute atomic E-state index is 0.222. The molecule has 1 aromatic carbocycles. The standard InChI is InChI=1S/C14H20N8/c1-2-3-5(9(17)13(21)11(19)7(3)15)6-4(2)8(16)12(20)14(22)10(6)18/h7H,15-22H2,1H3. The van der Waals surface area contributed by atoms with Crippen molar-refractivity contribution in [3.05, 3.63) is 33.8 Å². The summed E-state index contributed by atoms with van der Waals surface area (Å²) in [5, 5.41) is 0. The van der Waals surface area contributed by atoms with Gasteiger partial charge < -0.3 is 45.9 Å². The van der Waals surface area contributed by atoms with Crippen molar-refractivity contribution < 1.29 is 0 Å². The summed E-state index contributed by atoms with van der Waals surface area (Å²) in [6.07, 6.45) is 0. The zero-order chi connectivity index (χ0) is 16.5. The molecule has 8 heteroatoms. The van der Waals surface area contributed by atoms with E-state index in [4.69, 9.17) is 45.9 Å². The molecule has 16 N–H and O–H groups in total. The van der Waals surface area contributed by atoms with Gasteiger partial charge in [-0.2, -0.15) is 0 Å². The minimum Gasteiger partial charge on any atom is -0.399 e. The molecule has 0 amide bonds. The van der Waals surface area contributed by atoms with E-state index in [1.807, 2.05) is 6.92 Å². The number of hydrogen-bond acceptors (Lipinski definition) is 8. The van der Waals surface area contributed by atoms with Gasteiger partial charge in [-0.05, 0) is 18.1 Å². The molecule has 2 aliphatic rings. The van der Waals surface area contributed by atoms with Crippen molar-refractivity contribution in [1.82, 2.24) is 0 Å². The summed E-state index contributed by atoms with van der Waals surface area (Å²) < 4.78 is 0. The number of nitrogen functional groups attached to an aromatic ring is 4. The fourth-order valence-corrected chi connectivity index (χ4v) is 3.22. The highest BCUT2D eigenvalue weighted by molar-refractivity contribution is 6.13. The lowest BCUT2D eigenvalue weighted by Crippen LogP contribution is -2.37. The Balaban J connectivity index is 2.51. The zero-order valence-corrected chi connectivity index (χ0v) is 12.2. The number of anilines is 4. The highest BCUT2D eigenvalue weighted by Gasteiger charge is 2.38. The van der Waals surface area contributed by atoms with Crippen molar-refractivity contribution in [2.45, 2.75) is 13.0 Å². The molecule has 22 heavy (non-hydrogen) atoms. The number of benzene rings is 1. The van der Waals surface area contributed by atoms with Crippen molar-refractivity contribution in [1.29, 1.82) is 0 Å². The molecule has 8 nitrogen and oxygen atoms in total. The predicted octanol–water partition coefficient (Wildman–Crippen LogP) is -1.06. The molecule has 0 fully saturated rings. The van der Waals surface area contributed by atoms with Gasteiger partial charge >= 0.3 is 0 Å². The summed E-state index contributed by atoms with van der Waals surface area (Å²) in [7, 11) is 0. The molecule has 1 aromatic rings. The van der Waals surface area contributed by atoms with Gasteiger partial charge in [0.2, 0.25) is 0 Å². The molecule has 0 radical (unpaired) electrons. The van der Waals surface area contributed by atoms with Crippen molar-refractivity contribution in [2.24, 2.45) is 22.9 Å². The SMILES string of the molecule is CC1=C2C(=C(N)C(N)=C(N)C2N)c2c(N)c(N)c(N)c(N)c21. The van der Waals surface area contributed by atoms with Crippen molar-refractivity contribution in [3.63, 3.8) is 0 Å². The van der Waals surface area contributed by atoms with E-state index >= 15 is 0 Å². The van der Waals surface area contributed by atoms with Crippen LogP contribution >= 0.6 is 0 Å². The average Bonchev–Trinajstić information content (AvgIpc) is 2.80. The van der Waals surface area contributed by atoms with E-state index in [0.717, 1.165) is 11.1 Å². The lowest BCUT2D eigenvalue weighted by atomic mass is 9.87. The smallest absolute Gasteiger partial charge is 0.0809 e. The van der Waals surface area contributed by atoms with Gasteiger partial charge in [0, 0.05) is 16.7 Å². The van der Waals surface area contributed by atoms with Crippen LogP contribution in [0.1, 0.15) is 18.1 Å². The third-order valence-corrected chi connectivity index (χ3v) is 4.47. The Morgan fingerprint density at radius 3 is 1.73 bits per heavy atom. The van der Waals surface area contributed by atoms with Crippen LogP contribution in [0.2, 0.25) is 0 Å². The summed E-state index contributed by atoms with van der Waals surface area (Å²) in [6.45, 7) is 1.87. The van der Waals surface area contributed by atoms with E-state index in [9.17, 15) is 0 Å². The normalized spacial score (nSPS) is 20.5. The molecule has 0 heterocycles. The van der Waals surface area contributed by atoms with Gasteiger partial charge in [-0.3, -0.25) is 0 Å². The lowest BCUT2D eigenvalue weighted by molar-refractivity contribution is 0.863. The van der Waals surface area contributed by atoms with E-state index in [0.29, 0.717) is 39.5 Å². The Morgan fingerprint density at radius 2 is 1.18 bits per heavy atom. The van der Waals surface area contributed by atoms with Crippen LogP contribution in [0.3, 0.4) is 0 Å². The number of hydrogen-bond donors (Lipinski definition) is 8. The van der Waals surface area contributed by atoms with Gasteiger partial charge in [0.25, 0.3) is 0 Å². The summed E-state index contributed by atoms with van der Waals surface area (Å²) in [5.74, 6) is 0. The third kappa shape index (κ3) is 1.34. The Kier molecular flexibility index (Phi) is 2.55. The quantitative estimate of drug-likeness (QED) is 0.276.